The lowest BCUT2D eigenvalue weighted by atomic mass is 10.1. The van der Waals surface area contributed by atoms with Crippen LogP contribution in [-0.2, 0) is 16.7 Å². The van der Waals surface area contributed by atoms with Crippen LogP contribution in [0.5, 0.6) is 0 Å². The molecule has 1 aromatic rings. The quantitative estimate of drug-likeness (QED) is 0.199. The van der Waals surface area contributed by atoms with Crippen LogP contribution in [0.4, 0.5) is 0 Å². The first kappa shape index (κ1) is 25.1. The summed E-state index contributed by atoms with van der Waals surface area (Å²) >= 11 is 0. The highest BCUT2D eigenvalue weighted by atomic mass is 32.2. The zero-order valence-electron chi connectivity index (χ0n) is 18.3. The second kappa shape index (κ2) is 13.3. The van der Waals surface area contributed by atoms with E-state index in [1.165, 1.54) is 89.2 Å². The van der Waals surface area contributed by atoms with Crippen molar-refractivity contribution in [1.29, 1.82) is 0 Å². The summed E-state index contributed by atoms with van der Waals surface area (Å²) in [5.74, 6) is 0. The van der Waals surface area contributed by atoms with Crippen molar-refractivity contribution in [3.05, 3.63) is 29.8 Å². The largest absolute Gasteiger partial charge is 0.325 e. The molecule has 0 heterocycles. The number of benzene rings is 1. The highest BCUT2D eigenvalue weighted by Gasteiger charge is 2.16. The molecular weight excluding hydrogens is 370 g/mol. The molecule has 1 rings (SSSR count). The normalized spacial score (nSPS) is 12.4. The van der Waals surface area contributed by atoms with Crippen LogP contribution in [0.15, 0.2) is 29.2 Å². The van der Waals surface area contributed by atoms with Gasteiger partial charge in [0, 0.05) is 5.56 Å². The van der Waals surface area contributed by atoms with E-state index in [-0.39, 0.29) is 4.90 Å². The molecule has 0 radical (unpaired) electrons. The molecule has 0 fully saturated rings. The van der Waals surface area contributed by atoms with Crippen molar-refractivity contribution in [3.63, 3.8) is 0 Å². The van der Waals surface area contributed by atoms with Gasteiger partial charge in [-0.15, -0.1) is 0 Å². The summed E-state index contributed by atoms with van der Waals surface area (Å²) in [6.45, 7) is 4.26. The number of rotatable bonds is 16. The molecule has 0 unspecified atom stereocenters. The zero-order valence-corrected chi connectivity index (χ0v) is 19.1. The van der Waals surface area contributed by atoms with Crippen LogP contribution in [0, 0.1) is 0 Å². The van der Waals surface area contributed by atoms with E-state index in [1.807, 2.05) is 0 Å². The molecule has 0 aliphatic rings. The standard InChI is InChI=1S/C23H41NO3S/c1-4-5-6-7-8-9-10-11-12-13-14-15-20-24(2,3)21-22-16-18-23(19-17-22)28(25,26)27/h16-19H,4-15,20-21H2,1-3H3/p+1. The molecule has 162 valence electrons. The molecule has 0 amide bonds. The first-order valence-electron chi connectivity index (χ1n) is 11.1. The predicted molar refractivity (Wildman–Crippen MR) is 118 cm³/mol. The van der Waals surface area contributed by atoms with E-state index in [0.717, 1.165) is 23.1 Å². The highest BCUT2D eigenvalue weighted by Crippen LogP contribution is 2.16. The fourth-order valence-electron chi connectivity index (χ4n) is 3.72. The van der Waals surface area contributed by atoms with E-state index < -0.39 is 10.1 Å². The summed E-state index contributed by atoms with van der Waals surface area (Å²) in [6, 6.07) is 6.56. The second-order valence-electron chi connectivity index (χ2n) is 8.83. The van der Waals surface area contributed by atoms with Gasteiger partial charge >= 0.3 is 0 Å². The number of quaternary nitrogens is 1. The number of unbranched alkanes of at least 4 members (excludes halogenated alkanes) is 11. The van der Waals surface area contributed by atoms with Gasteiger partial charge in [0.05, 0.1) is 25.5 Å². The molecule has 4 nitrogen and oxygen atoms in total. The summed E-state index contributed by atoms with van der Waals surface area (Å²) in [6.07, 6.45) is 16.4. The maximum absolute atomic E-state index is 11.1. The Hall–Kier alpha value is -0.910. The molecule has 0 saturated carbocycles. The first-order valence-corrected chi connectivity index (χ1v) is 12.6. The van der Waals surface area contributed by atoms with Crippen LogP contribution in [0.3, 0.4) is 0 Å². The van der Waals surface area contributed by atoms with Gasteiger partial charge in [0.15, 0.2) is 0 Å². The lowest BCUT2D eigenvalue weighted by molar-refractivity contribution is -0.903. The van der Waals surface area contributed by atoms with Gasteiger partial charge in [-0.2, -0.15) is 8.42 Å². The monoisotopic (exact) mass is 412 g/mol. The third kappa shape index (κ3) is 11.8. The Morgan fingerprint density at radius 1 is 0.750 bits per heavy atom. The summed E-state index contributed by atoms with van der Waals surface area (Å²) in [5, 5.41) is 0. The molecule has 0 aliphatic carbocycles. The minimum absolute atomic E-state index is 0.0393. The molecule has 0 saturated heterocycles. The fourth-order valence-corrected chi connectivity index (χ4v) is 4.20. The molecule has 0 aliphatic heterocycles. The molecule has 0 bridgehead atoms. The second-order valence-corrected chi connectivity index (χ2v) is 10.2. The molecule has 5 heteroatoms. The van der Waals surface area contributed by atoms with Crippen molar-refractivity contribution in [2.75, 3.05) is 20.6 Å². The van der Waals surface area contributed by atoms with Crippen LogP contribution in [0.2, 0.25) is 0 Å². The zero-order chi connectivity index (χ0) is 20.9. The van der Waals surface area contributed by atoms with Crippen molar-refractivity contribution < 1.29 is 17.5 Å². The maximum atomic E-state index is 11.1. The van der Waals surface area contributed by atoms with Crippen molar-refractivity contribution in [3.8, 4) is 0 Å². The smallest absolute Gasteiger partial charge is 0.294 e. The molecule has 0 spiro atoms. The number of hydrogen-bond acceptors (Lipinski definition) is 2. The van der Waals surface area contributed by atoms with Gasteiger partial charge in [0.1, 0.15) is 6.54 Å². The molecule has 0 atom stereocenters. The van der Waals surface area contributed by atoms with Crippen molar-refractivity contribution >= 4 is 10.1 Å². The molecular formula is C23H42NO3S+. The van der Waals surface area contributed by atoms with E-state index in [1.54, 1.807) is 12.1 Å². The van der Waals surface area contributed by atoms with Gasteiger partial charge in [-0.3, -0.25) is 4.55 Å². The minimum atomic E-state index is -4.10. The lowest BCUT2D eigenvalue weighted by Gasteiger charge is -2.30. The maximum Gasteiger partial charge on any atom is 0.294 e. The third-order valence-corrected chi connectivity index (χ3v) is 6.32. The van der Waals surface area contributed by atoms with Crippen LogP contribution >= 0.6 is 0 Å². The van der Waals surface area contributed by atoms with Crippen LogP contribution < -0.4 is 0 Å². The van der Waals surface area contributed by atoms with Crippen LogP contribution in [0.1, 0.15) is 89.5 Å². The van der Waals surface area contributed by atoms with Crippen molar-refractivity contribution in [2.45, 2.75) is 95.4 Å². The van der Waals surface area contributed by atoms with Gasteiger partial charge in [0.2, 0.25) is 0 Å². The van der Waals surface area contributed by atoms with E-state index in [9.17, 15) is 8.42 Å². The minimum Gasteiger partial charge on any atom is -0.325 e. The third-order valence-electron chi connectivity index (χ3n) is 5.45. The summed E-state index contributed by atoms with van der Waals surface area (Å²) in [5.41, 5.74) is 1.09. The first-order chi connectivity index (χ1) is 13.2. The Labute approximate surface area is 173 Å². The highest BCUT2D eigenvalue weighted by molar-refractivity contribution is 7.85. The SMILES string of the molecule is CCCCCCCCCCCCCC[N+](C)(C)Cc1ccc(S(=O)(=O)O)cc1. The summed E-state index contributed by atoms with van der Waals surface area (Å²) < 4.78 is 32.2. The van der Waals surface area contributed by atoms with Crippen LogP contribution in [0.25, 0.3) is 0 Å². The van der Waals surface area contributed by atoms with E-state index >= 15 is 0 Å². The Morgan fingerprint density at radius 3 is 1.61 bits per heavy atom. The Balaban J connectivity index is 2.11. The Kier molecular flexibility index (Phi) is 12.0. The molecule has 1 aromatic carbocycles. The number of nitrogens with zero attached hydrogens (tertiary/aromatic N) is 1. The van der Waals surface area contributed by atoms with Crippen molar-refractivity contribution in [1.82, 2.24) is 0 Å². The van der Waals surface area contributed by atoms with Gasteiger partial charge in [-0.1, -0.05) is 83.3 Å². The van der Waals surface area contributed by atoms with E-state index in [4.69, 9.17) is 4.55 Å². The van der Waals surface area contributed by atoms with Crippen LogP contribution in [-0.4, -0.2) is 38.1 Å². The number of hydrogen-bond donors (Lipinski definition) is 1. The summed E-state index contributed by atoms with van der Waals surface area (Å²) in [7, 11) is 0.332. The Morgan fingerprint density at radius 2 is 1.18 bits per heavy atom. The van der Waals surface area contributed by atoms with Crippen molar-refractivity contribution in [2.24, 2.45) is 0 Å². The van der Waals surface area contributed by atoms with Gasteiger partial charge in [-0.05, 0) is 25.0 Å². The van der Waals surface area contributed by atoms with Gasteiger partial charge in [0.25, 0.3) is 10.1 Å². The average molecular weight is 413 g/mol. The molecule has 0 aromatic heterocycles. The lowest BCUT2D eigenvalue weighted by Crippen LogP contribution is -2.39. The van der Waals surface area contributed by atoms with E-state index in [0.29, 0.717) is 0 Å². The van der Waals surface area contributed by atoms with E-state index in [2.05, 4.69) is 21.0 Å². The molecule has 28 heavy (non-hydrogen) atoms. The topological polar surface area (TPSA) is 54.4 Å². The average Bonchev–Trinajstić information content (AvgIpc) is 2.62. The summed E-state index contributed by atoms with van der Waals surface area (Å²) in [4.78, 5) is -0.0393. The molecule has 1 N–H and O–H groups in total. The van der Waals surface area contributed by atoms with Gasteiger partial charge in [-0.25, -0.2) is 0 Å². The Bertz CT molecular complexity index is 624. The predicted octanol–water partition coefficient (Wildman–Crippen LogP) is 6.21. The van der Waals surface area contributed by atoms with Gasteiger partial charge < -0.3 is 4.48 Å². The fraction of sp³-hybridized carbons (Fsp3) is 0.739.